The van der Waals surface area contributed by atoms with E-state index in [2.05, 4.69) is 48.3 Å². The SMILES string of the molecule is CCNC(=NCc1ccc(C(=O)N(CC)CC)cc1)N1CCOC(c2ccccc2C)C1. The van der Waals surface area contributed by atoms with Crippen molar-refractivity contribution in [1.29, 1.82) is 0 Å². The molecule has 1 unspecified atom stereocenters. The van der Waals surface area contributed by atoms with Crippen molar-refractivity contribution in [3.63, 3.8) is 0 Å². The molecule has 0 aromatic heterocycles. The van der Waals surface area contributed by atoms with Crippen LogP contribution in [0.5, 0.6) is 0 Å². The number of carbonyl (C=O) groups excluding carboxylic acids is 1. The van der Waals surface area contributed by atoms with Gasteiger partial charge in [-0.25, -0.2) is 4.99 Å². The van der Waals surface area contributed by atoms with Gasteiger partial charge in [0.05, 0.1) is 19.7 Å². The number of hydrogen-bond acceptors (Lipinski definition) is 3. The van der Waals surface area contributed by atoms with Crippen molar-refractivity contribution in [2.75, 3.05) is 39.3 Å². The first-order valence-corrected chi connectivity index (χ1v) is 11.7. The number of aliphatic imine (C=N–C) groups is 1. The van der Waals surface area contributed by atoms with Crippen LogP contribution in [-0.2, 0) is 11.3 Å². The fourth-order valence-electron chi connectivity index (χ4n) is 4.02. The van der Waals surface area contributed by atoms with E-state index >= 15 is 0 Å². The van der Waals surface area contributed by atoms with Gasteiger partial charge < -0.3 is 19.9 Å². The molecule has 2 aromatic carbocycles. The largest absolute Gasteiger partial charge is 0.370 e. The fourth-order valence-corrected chi connectivity index (χ4v) is 4.02. The zero-order chi connectivity index (χ0) is 22.9. The summed E-state index contributed by atoms with van der Waals surface area (Å²) in [7, 11) is 0. The molecule has 1 amide bonds. The number of nitrogens with one attached hydrogen (secondary N) is 1. The molecule has 3 rings (SSSR count). The molecule has 0 saturated carbocycles. The van der Waals surface area contributed by atoms with Crippen LogP contribution in [0.4, 0.5) is 0 Å². The number of aryl methyl sites for hydroxylation is 1. The number of hydrogen-bond donors (Lipinski definition) is 1. The Morgan fingerprint density at radius 1 is 1.12 bits per heavy atom. The highest BCUT2D eigenvalue weighted by molar-refractivity contribution is 5.94. The molecule has 1 N–H and O–H groups in total. The zero-order valence-corrected chi connectivity index (χ0v) is 19.8. The van der Waals surface area contributed by atoms with E-state index in [4.69, 9.17) is 9.73 Å². The Kier molecular flexibility index (Phi) is 8.68. The molecule has 1 saturated heterocycles. The van der Waals surface area contributed by atoms with Crippen LogP contribution in [0.3, 0.4) is 0 Å². The zero-order valence-electron chi connectivity index (χ0n) is 19.8. The monoisotopic (exact) mass is 436 g/mol. The second-order valence-corrected chi connectivity index (χ2v) is 8.01. The summed E-state index contributed by atoms with van der Waals surface area (Å²) in [5.41, 5.74) is 4.30. The second kappa shape index (κ2) is 11.7. The third-order valence-electron chi connectivity index (χ3n) is 5.90. The van der Waals surface area contributed by atoms with Crippen LogP contribution in [0.1, 0.15) is 53.9 Å². The number of nitrogens with zero attached hydrogens (tertiary/aromatic N) is 3. The molecule has 1 fully saturated rings. The Labute approximate surface area is 192 Å². The minimum Gasteiger partial charge on any atom is -0.370 e. The van der Waals surface area contributed by atoms with Gasteiger partial charge in [0.2, 0.25) is 0 Å². The average Bonchev–Trinajstić information content (AvgIpc) is 2.83. The molecular weight excluding hydrogens is 400 g/mol. The third kappa shape index (κ3) is 5.88. The molecule has 1 heterocycles. The van der Waals surface area contributed by atoms with E-state index in [0.717, 1.165) is 49.8 Å². The van der Waals surface area contributed by atoms with Gasteiger partial charge in [-0.05, 0) is 56.5 Å². The van der Waals surface area contributed by atoms with Crippen LogP contribution in [0.15, 0.2) is 53.5 Å². The van der Waals surface area contributed by atoms with Crippen molar-refractivity contribution in [2.24, 2.45) is 4.99 Å². The van der Waals surface area contributed by atoms with Gasteiger partial charge >= 0.3 is 0 Å². The lowest BCUT2D eigenvalue weighted by molar-refractivity contribution is -0.00834. The summed E-state index contributed by atoms with van der Waals surface area (Å²) in [6, 6.07) is 16.2. The van der Waals surface area contributed by atoms with E-state index in [0.29, 0.717) is 13.2 Å². The maximum Gasteiger partial charge on any atom is 0.253 e. The quantitative estimate of drug-likeness (QED) is 0.526. The van der Waals surface area contributed by atoms with Crippen molar-refractivity contribution in [1.82, 2.24) is 15.1 Å². The molecule has 32 heavy (non-hydrogen) atoms. The van der Waals surface area contributed by atoms with Gasteiger partial charge in [-0.1, -0.05) is 36.4 Å². The molecule has 1 aliphatic rings. The number of rotatable bonds is 7. The van der Waals surface area contributed by atoms with Crippen molar-refractivity contribution < 1.29 is 9.53 Å². The average molecular weight is 437 g/mol. The summed E-state index contributed by atoms with van der Waals surface area (Å²) < 4.78 is 6.08. The van der Waals surface area contributed by atoms with Gasteiger partial charge in [0.25, 0.3) is 5.91 Å². The standard InChI is InChI=1S/C26H36N4O2/c1-5-27-26(30-16-17-32-24(19-30)23-11-9-8-10-20(23)4)28-18-21-12-14-22(15-13-21)25(31)29(6-2)7-3/h8-15,24H,5-7,16-19H2,1-4H3,(H,27,28). The number of ether oxygens (including phenoxy) is 1. The van der Waals surface area contributed by atoms with Crippen LogP contribution in [-0.4, -0.2) is 61.0 Å². The molecule has 172 valence electrons. The summed E-state index contributed by atoms with van der Waals surface area (Å²) >= 11 is 0. The molecule has 0 radical (unpaired) electrons. The third-order valence-corrected chi connectivity index (χ3v) is 5.90. The van der Waals surface area contributed by atoms with Crippen molar-refractivity contribution >= 4 is 11.9 Å². The summed E-state index contributed by atoms with van der Waals surface area (Å²) in [6.07, 6.45) is 0.0409. The molecule has 1 aliphatic heterocycles. The first kappa shape index (κ1) is 23.8. The summed E-state index contributed by atoms with van der Waals surface area (Å²) in [4.78, 5) is 21.5. The minimum absolute atomic E-state index is 0.0409. The lowest BCUT2D eigenvalue weighted by atomic mass is 10.0. The van der Waals surface area contributed by atoms with Crippen molar-refractivity contribution in [3.8, 4) is 0 Å². The number of benzene rings is 2. The highest BCUT2D eigenvalue weighted by Gasteiger charge is 2.25. The molecule has 2 aromatic rings. The molecule has 1 atom stereocenters. The Morgan fingerprint density at radius 2 is 1.84 bits per heavy atom. The lowest BCUT2D eigenvalue weighted by Gasteiger charge is -2.35. The van der Waals surface area contributed by atoms with E-state index in [1.165, 1.54) is 11.1 Å². The van der Waals surface area contributed by atoms with E-state index in [1.807, 2.05) is 43.0 Å². The van der Waals surface area contributed by atoms with Crippen LogP contribution in [0.2, 0.25) is 0 Å². The summed E-state index contributed by atoms with van der Waals surface area (Å²) in [5, 5.41) is 3.43. The Bertz CT molecular complexity index is 906. The smallest absolute Gasteiger partial charge is 0.253 e. The Hall–Kier alpha value is -2.86. The van der Waals surface area contributed by atoms with Gasteiger partial charge in [0, 0.05) is 31.7 Å². The van der Waals surface area contributed by atoms with Crippen LogP contribution < -0.4 is 5.32 Å². The molecule has 6 nitrogen and oxygen atoms in total. The number of morpholine rings is 1. The molecular formula is C26H36N4O2. The van der Waals surface area contributed by atoms with E-state index in [9.17, 15) is 4.79 Å². The van der Waals surface area contributed by atoms with Gasteiger partial charge in [-0.3, -0.25) is 4.79 Å². The van der Waals surface area contributed by atoms with Gasteiger partial charge in [-0.2, -0.15) is 0 Å². The van der Waals surface area contributed by atoms with Crippen LogP contribution in [0.25, 0.3) is 0 Å². The maximum absolute atomic E-state index is 12.5. The molecule has 6 heteroatoms. The van der Waals surface area contributed by atoms with Crippen molar-refractivity contribution in [2.45, 2.75) is 40.3 Å². The topological polar surface area (TPSA) is 57.2 Å². The fraction of sp³-hybridized carbons (Fsp3) is 0.462. The van der Waals surface area contributed by atoms with Gasteiger partial charge in [0.1, 0.15) is 6.10 Å². The Morgan fingerprint density at radius 3 is 2.50 bits per heavy atom. The number of amides is 1. The van der Waals surface area contributed by atoms with Gasteiger partial charge in [-0.15, -0.1) is 0 Å². The first-order valence-electron chi connectivity index (χ1n) is 11.7. The lowest BCUT2D eigenvalue weighted by Crippen LogP contribution is -2.48. The maximum atomic E-state index is 12.5. The van der Waals surface area contributed by atoms with Crippen LogP contribution >= 0.6 is 0 Å². The predicted molar refractivity (Wildman–Crippen MR) is 130 cm³/mol. The molecule has 0 spiro atoms. The molecule has 0 aliphatic carbocycles. The van der Waals surface area contributed by atoms with E-state index < -0.39 is 0 Å². The van der Waals surface area contributed by atoms with E-state index in [-0.39, 0.29) is 12.0 Å². The summed E-state index contributed by atoms with van der Waals surface area (Å²) in [6.45, 7) is 13.3. The first-order chi connectivity index (χ1) is 15.6. The highest BCUT2D eigenvalue weighted by Crippen LogP contribution is 2.25. The summed E-state index contributed by atoms with van der Waals surface area (Å²) in [5.74, 6) is 0.978. The second-order valence-electron chi connectivity index (χ2n) is 8.01. The Balaban J connectivity index is 1.69. The van der Waals surface area contributed by atoms with Crippen LogP contribution in [0, 0.1) is 6.92 Å². The number of carbonyl (C=O) groups is 1. The minimum atomic E-state index is 0.0409. The molecule has 0 bridgehead atoms. The predicted octanol–water partition coefficient (Wildman–Crippen LogP) is 4.02. The number of guanidine groups is 1. The normalized spacial score (nSPS) is 16.7. The highest BCUT2D eigenvalue weighted by atomic mass is 16.5. The van der Waals surface area contributed by atoms with Gasteiger partial charge in [0.15, 0.2) is 5.96 Å². The van der Waals surface area contributed by atoms with Crippen molar-refractivity contribution in [3.05, 3.63) is 70.8 Å². The van der Waals surface area contributed by atoms with E-state index in [1.54, 1.807) is 0 Å².